The Balaban J connectivity index is 1.11. The Morgan fingerprint density at radius 3 is 1.55 bits per heavy atom. The van der Waals surface area contributed by atoms with Crippen molar-refractivity contribution in [3.05, 3.63) is 79.2 Å². The molecule has 0 atom stereocenters. The second-order valence-electron chi connectivity index (χ2n) is 8.51. The van der Waals surface area contributed by atoms with E-state index in [1.54, 1.807) is 21.2 Å². The summed E-state index contributed by atoms with van der Waals surface area (Å²) < 4.78 is 15.4. The fraction of sp³-hybridized carbons (Fsp3) is 0.250. The molecule has 194 valence electrons. The monoisotopic (exact) mass is 586 g/mol. The van der Waals surface area contributed by atoms with Crippen LogP contribution in [0.2, 0.25) is 10.0 Å². The van der Waals surface area contributed by atoms with Crippen LogP contribution in [-0.4, -0.2) is 39.6 Å². The van der Waals surface area contributed by atoms with Crippen molar-refractivity contribution in [3.8, 4) is 11.5 Å². The predicted octanol–water partition coefficient (Wildman–Crippen LogP) is 5.55. The zero-order valence-electron chi connectivity index (χ0n) is 20.3. The minimum Gasteiger partial charge on any atom is -0.486 e. The molecule has 0 saturated carbocycles. The molecular weight excluding hydrogens is 567 g/mol. The first kappa shape index (κ1) is 25.0. The summed E-state index contributed by atoms with van der Waals surface area (Å²) in [5, 5.41) is 29.4. The van der Waals surface area contributed by atoms with E-state index in [1.165, 1.54) is 22.7 Å². The van der Waals surface area contributed by atoms with Gasteiger partial charge < -0.3 is 9.47 Å². The van der Waals surface area contributed by atoms with Crippen LogP contribution < -0.4 is 9.47 Å². The van der Waals surface area contributed by atoms with Crippen molar-refractivity contribution in [2.45, 2.75) is 39.9 Å². The summed E-state index contributed by atoms with van der Waals surface area (Å²) in [6, 6.07) is 11.1. The van der Waals surface area contributed by atoms with E-state index in [-0.39, 0.29) is 0 Å². The van der Waals surface area contributed by atoms with Gasteiger partial charge in [0.25, 0.3) is 0 Å². The number of nitrogens with zero attached hydrogens (tertiary/aromatic N) is 8. The Bertz CT molecular complexity index is 1630. The Morgan fingerprint density at radius 1 is 0.684 bits per heavy atom. The molecule has 6 rings (SSSR count). The van der Waals surface area contributed by atoms with Crippen molar-refractivity contribution in [1.82, 2.24) is 39.6 Å². The summed E-state index contributed by atoms with van der Waals surface area (Å²) in [6.07, 6.45) is 1.16. The summed E-state index contributed by atoms with van der Waals surface area (Å²) in [5.41, 5.74) is 1.94. The lowest BCUT2D eigenvalue weighted by Crippen LogP contribution is -2.05. The molecule has 6 aromatic rings. The minimum absolute atomic E-state index is 0.333. The maximum Gasteiger partial charge on any atom is 0.234 e. The zero-order chi connectivity index (χ0) is 26.2. The van der Waals surface area contributed by atoms with Crippen LogP contribution in [0, 0.1) is 13.8 Å². The first-order valence-electron chi connectivity index (χ1n) is 11.6. The molecule has 0 radical (unpaired) electrons. The van der Waals surface area contributed by atoms with Gasteiger partial charge in [-0.15, -0.1) is 20.4 Å². The molecule has 0 bridgehead atoms. The van der Waals surface area contributed by atoms with Crippen LogP contribution in [0.1, 0.15) is 32.8 Å². The molecule has 0 spiro atoms. The SMILES string of the molecule is Cc1cc(Cl)ccc1OCc1nn2c(CCc3nnc4sc(COc5ccc(Cl)cc5C)nn34)nnc2s1. The highest BCUT2D eigenvalue weighted by Gasteiger charge is 2.16. The zero-order valence-corrected chi connectivity index (χ0v) is 23.4. The maximum absolute atomic E-state index is 6.03. The van der Waals surface area contributed by atoms with Gasteiger partial charge in [0, 0.05) is 22.9 Å². The molecule has 14 heteroatoms. The lowest BCUT2D eigenvalue weighted by atomic mass is 10.2. The van der Waals surface area contributed by atoms with E-state index >= 15 is 0 Å². The van der Waals surface area contributed by atoms with E-state index in [1.807, 2.05) is 38.1 Å². The van der Waals surface area contributed by atoms with Gasteiger partial charge in [0.1, 0.15) is 24.7 Å². The van der Waals surface area contributed by atoms with Crippen molar-refractivity contribution in [1.29, 1.82) is 0 Å². The van der Waals surface area contributed by atoms with Gasteiger partial charge in [-0.3, -0.25) is 0 Å². The number of fused-ring (bicyclic) bond motifs is 2. The van der Waals surface area contributed by atoms with Crippen molar-refractivity contribution in [2.75, 3.05) is 0 Å². The molecule has 10 nitrogen and oxygen atoms in total. The van der Waals surface area contributed by atoms with Crippen LogP contribution in [0.5, 0.6) is 11.5 Å². The van der Waals surface area contributed by atoms with Crippen LogP contribution >= 0.6 is 45.9 Å². The van der Waals surface area contributed by atoms with Crippen LogP contribution in [0.25, 0.3) is 9.92 Å². The lowest BCUT2D eigenvalue weighted by Gasteiger charge is -2.07. The van der Waals surface area contributed by atoms with Crippen molar-refractivity contribution < 1.29 is 9.47 Å². The number of benzene rings is 2. The number of aromatic nitrogens is 8. The van der Waals surface area contributed by atoms with E-state index < -0.39 is 0 Å². The number of hydrogen-bond acceptors (Lipinski definition) is 10. The number of rotatable bonds is 9. The van der Waals surface area contributed by atoms with Gasteiger partial charge >= 0.3 is 0 Å². The summed E-state index contributed by atoms with van der Waals surface area (Å²) in [5.74, 6) is 3.01. The number of halogens is 2. The Hall–Kier alpha value is -3.32. The molecule has 0 saturated heterocycles. The van der Waals surface area contributed by atoms with Crippen LogP contribution in [-0.2, 0) is 26.1 Å². The first-order chi connectivity index (χ1) is 18.4. The van der Waals surface area contributed by atoms with Crippen LogP contribution in [0.4, 0.5) is 0 Å². The van der Waals surface area contributed by atoms with Crippen molar-refractivity contribution in [3.63, 3.8) is 0 Å². The highest BCUT2D eigenvalue weighted by Crippen LogP contribution is 2.25. The largest absolute Gasteiger partial charge is 0.486 e. The summed E-state index contributed by atoms with van der Waals surface area (Å²) in [7, 11) is 0. The third-order valence-electron chi connectivity index (χ3n) is 5.74. The number of hydrogen-bond donors (Lipinski definition) is 0. The minimum atomic E-state index is 0.333. The number of aryl methyl sites for hydroxylation is 4. The molecule has 4 heterocycles. The fourth-order valence-electron chi connectivity index (χ4n) is 3.87. The molecule has 2 aromatic carbocycles. The van der Waals surface area contributed by atoms with Gasteiger partial charge in [-0.1, -0.05) is 45.9 Å². The second-order valence-corrected chi connectivity index (χ2v) is 11.5. The molecule has 0 aliphatic heterocycles. The molecule has 0 unspecified atom stereocenters. The lowest BCUT2D eigenvalue weighted by molar-refractivity contribution is 0.301. The van der Waals surface area contributed by atoms with Crippen LogP contribution in [0.3, 0.4) is 0 Å². The third kappa shape index (κ3) is 5.17. The predicted molar refractivity (Wildman–Crippen MR) is 146 cm³/mol. The van der Waals surface area contributed by atoms with Gasteiger partial charge in [0.15, 0.2) is 21.7 Å². The normalized spacial score (nSPS) is 11.6. The van der Waals surface area contributed by atoms with E-state index in [9.17, 15) is 0 Å². The maximum atomic E-state index is 6.03. The summed E-state index contributed by atoms with van der Waals surface area (Å²) >= 11 is 14.9. The molecule has 38 heavy (non-hydrogen) atoms. The van der Waals surface area contributed by atoms with Crippen molar-refractivity contribution in [2.24, 2.45) is 0 Å². The summed E-state index contributed by atoms with van der Waals surface area (Å²) in [6.45, 7) is 4.58. The summed E-state index contributed by atoms with van der Waals surface area (Å²) in [4.78, 5) is 1.42. The Labute approximate surface area is 234 Å². The molecule has 0 fully saturated rings. The highest BCUT2D eigenvalue weighted by atomic mass is 35.5. The molecule has 0 aliphatic rings. The molecular formula is C24H20Cl2N8O2S2. The standard InChI is InChI=1S/C24H20Cl2N8O2S2/c1-13-9-15(25)3-5-17(13)35-11-21-31-33-19(27-29-23(33)37-21)7-8-20-28-30-24-34(20)32-22(38-24)12-36-18-6-4-16(26)10-14(18)2/h3-6,9-10H,7-8,11-12H2,1-2H3. The average Bonchev–Trinajstić information content (AvgIpc) is 3.64. The molecule has 0 aliphatic carbocycles. The third-order valence-corrected chi connectivity index (χ3v) is 7.96. The van der Waals surface area contributed by atoms with Gasteiger partial charge in [-0.05, 0) is 61.4 Å². The Kier molecular flexibility index (Phi) is 6.87. The van der Waals surface area contributed by atoms with Gasteiger partial charge in [-0.25, -0.2) is 0 Å². The van der Waals surface area contributed by atoms with Crippen LogP contribution in [0.15, 0.2) is 36.4 Å². The van der Waals surface area contributed by atoms with E-state index in [2.05, 4.69) is 30.6 Å². The molecule has 4 aromatic heterocycles. The van der Waals surface area contributed by atoms with Gasteiger partial charge in [0.05, 0.1) is 0 Å². The Morgan fingerprint density at radius 2 is 1.13 bits per heavy atom. The van der Waals surface area contributed by atoms with Crippen molar-refractivity contribution >= 4 is 55.8 Å². The number of ether oxygens (including phenoxy) is 2. The van der Waals surface area contributed by atoms with E-state index in [0.29, 0.717) is 46.0 Å². The van der Waals surface area contributed by atoms with E-state index in [4.69, 9.17) is 32.7 Å². The topological polar surface area (TPSA) is 105 Å². The smallest absolute Gasteiger partial charge is 0.234 e. The fourth-order valence-corrected chi connectivity index (χ4v) is 5.86. The first-order valence-corrected chi connectivity index (χ1v) is 14.0. The second kappa shape index (κ2) is 10.4. The quantitative estimate of drug-likeness (QED) is 0.217. The molecule has 0 N–H and O–H groups in total. The highest BCUT2D eigenvalue weighted by molar-refractivity contribution is 7.16. The van der Waals surface area contributed by atoms with Gasteiger partial charge in [0.2, 0.25) is 9.92 Å². The molecule has 0 amide bonds. The van der Waals surface area contributed by atoms with Gasteiger partial charge in [-0.2, -0.15) is 19.2 Å². The van der Waals surface area contributed by atoms with E-state index in [0.717, 1.165) is 44.3 Å². The average molecular weight is 588 g/mol.